The predicted molar refractivity (Wildman–Crippen MR) is 77.8 cm³/mol. The molecule has 112 valence electrons. The van der Waals surface area contributed by atoms with E-state index in [1.165, 1.54) is 0 Å². The van der Waals surface area contributed by atoms with Crippen LogP contribution in [0.1, 0.15) is 18.5 Å². The van der Waals surface area contributed by atoms with Crippen LogP contribution in [0.2, 0.25) is 0 Å². The maximum atomic E-state index is 11.0. The molecule has 0 saturated carbocycles. The lowest BCUT2D eigenvalue weighted by molar-refractivity contribution is -0.385. The zero-order valence-corrected chi connectivity index (χ0v) is 11.7. The van der Waals surface area contributed by atoms with Gasteiger partial charge in [-0.3, -0.25) is 10.1 Å². The predicted octanol–water partition coefficient (Wildman–Crippen LogP) is 1.36. The van der Waals surface area contributed by atoms with E-state index in [0.29, 0.717) is 6.54 Å². The Morgan fingerprint density at radius 3 is 2.90 bits per heavy atom. The van der Waals surface area contributed by atoms with E-state index in [-0.39, 0.29) is 23.1 Å². The van der Waals surface area contributed by atoms with Crippen LogP contribution in [0.15, 0.2) is 18.7 Å². The SMILES string of the molecule is Cc1nc(N)nc(NCCCCn2ccnc2)c1[N+](=O)[O-]. The second-order valence-corrected chi connectivity index (χ2v) is 4.56. The molecule has 0 amide bonds. The van der Waals surface area contributed by atoms with Gasteiger partial charge in [0.05, 0.1) is 11.3 Å². The van der Waals surface area contributed by atoms with Gasteiger partial charge in [-0.1, -0.05) is 0 Å². The molecule has 2 rings (SSSR count). The largest absolute Gasteiger partial charge is 0.368 e. The summed E-state index contributed by atoms with van der Waals surface area (Å²) in [5, 5.41) is 14.0. The fourth-order valence-electron chi connectivity index (χ4n) is 1.98. The van der Waals surface area contributed by atoms with Gasteiger partial charge >= 0.3 is 5.69 Å². The lowest BCUT2D eigenvalue weighted by atomic mass is 10.3. The van der Waals surface area contributed by atoms with Crippen molar-refractivity contribution in [2.45, 2.75) is 26.3 Å². The number of nitro groups is 1. The van der Waals surface area contributed by atoms with Gasteiger partial charge in [0, 0.05) is 25.5 Å². The number of nitrogens with one attached hydrogen (secondary N) is 1. The fraction of sp³-hybridized carbons (Fsp3) is 0.417. The third-order valence-electron chi connectivity index (χ3n) is 2.95. The Balaban J connectivity index is 1.89. The van der Waals surface area contributed by atoms with E-state index in [1.54, 1.807) is 19.4 Å². The van der Waals surface area contributed by atoms with Crippen molar-refractivity contribution in [1.82, 2.24) is 19.5 Å². The van der Waals surface area contributed by atoms with Crippen molar-refractivity contribution in [3.63, 3.8) is 0 Å². The fourth-order valence-corrected chi connectivity index (χ4v) is 1.98. The van der Waals surface area contributed by atoms with Crippen molar-refractivity contribution in [2.75, 3.05) is 17.6 Å². The van der Waals surface area contributed by atoms with Crippen molar-refractivity contribution in [1.29, 1.82) is 0 Å². The molecule has 3 N–H and O–H groups in total. The van der Waals surface area contributed by atoms with Gasteiger partial charge in [0.15, 0.2) is 0 Å². The summed E-state index contributed by atoms with van der Waals surface area (Å²) >= 11 is 0. The van der Waals surface area contributed by atoms with Crippen molar-refractivity contribution in [3.05, 3.63) is 34.5 Å². The van der Waals surface area contributed by atoms with E-state index >= 15 is 0 Å². The Bertz CT molecular complexity index is 612. The van der Waals surface area contributed by atoms with Crippen molar-refractivity contribution >= 4 is 17.5 Å². The summed E-state index contributed by atoms with van der Waals surface area (Å²) in [6, 6.07) is 0. The van der Waals surface area contributed by atoms with Gasteiger partial charge in [0.2, 0.25) is 11.8 Å². The molecule has 2 aromatic rings. The molecule has 9 heteroatoms. The standard InChI is InChI=1S/C12H17N7O2/c1-9-10(19(20)21)11(17-12(13)16-9)15-4-2-3-6-18-7-5-14-8-18/h5,7-8H,2-4,6H2,1H3,(H3,13,15,16,17). The molecule has 0 spiro atoms. The molecule has 0 radical (unpaired) electrons. The molecule has 21 heavy (non-hydrogen) atoms. The van der Waals surface area contributed by atoms with Gasteiger partial charge in [0.25, 0.3) is 0 Å². The molecule has 0 fully saturated rings. The van der Waals surface area contributed by atoms with Crippen LogP contribution in [0.25, 0.3) is 0 Å². The molecular weight excluding hydrogens is 274 g/mol. The third-order valence-corrected chi connectivity index (χ3v) is 2.95. The molecule has 0 bridgehead atoms. The number of aryl methyl sites for hydroxylation is 2. The van der Waals surface area contributed by atoms with Crippen LogP contribution in [0.3, 0.4) is 0 Å². The van der Waals surface area contributed by atoms with E-state index in [1.807, 2.05) is 10.8 Å². The molecule has 0 unspecified atom stereocenters. The van der Waals surface area contributed by atoms with Gasteiger partial charge < -0.3 is 15.6 Å². The second kappa shape index (κ2) is 6.64. The Labute approximate surface area is 121 Å². The van der Waals surface area contributed by atoms with Crippen LogP contribution in [-0.2, 0) is 6.54 Å². The number of hydrogen-bond acceptors (Lipinski definition) is 7. The molecule has 2 aromatic heterocycles. The number of hydrogen-bond donors (Lipinski definition) is 2. The number of imidazole rings is 1. The van der Waals surface area contributed by atoms with Crippen molar-refractivity contribution < 1.29 is 4.92 Å². The number of nitrogens with two attached hydrogens (primary N) is 1. The first-order chi connectivity index (χ1) is 10.1. The summed E-state index contributed by atoms with van der Waals surface area (Å²) in [5.74, 6) is 0.201. The molecule has 2 heterocycles. The molecule has 0 saturated heterocycles. The highest BCUT2D eigenvalue weighted by Crippen LogP contribution is 2.25. The number of nitrogen functional groups attached to an aromatic ring is 1. The molecule has 9 nitrogen and oxygen atoms in total. The molecule has 0 aliphatic carbocycles. The molecule has 0 atom stereocenters. The average Bonchev–Trinajstić information content (AvgIpc) is 2.90. The van der Waals surface area contributed by atoms with Crippen LogP contribution in [-0.4, -0.2) is 31.0 Å². The minimum atomic E-state index is -0.497. The summed E-state index contributed by atoms with van der Waals surface area (Å²) in [7, 11) is 0. The van der Waals surface area contributed by atoms with Gasteiger partial charge in [-0.25, -0.2) is 9.97 Å². The third kappa shape index (κ3) is 3.88. The highest BCUT2D eigenvalue weighted by Gasteiger charge is 2.20. The number of rotatable bonds is 7. The van der Waals surface area contributed by atoms with E-state index < -0.39 is 4.92 Å². The van der Waals surface area contributed by atoms with Crippen molar-refractivity contribution in [2.24, 2.45) is 0 Å². The van der Waals surface area contributed by atoms with Crippen LogP contribution in [0.4, 0.5) is 17.5 Å². The smallest absolute Gasteiger partial charge is 0.332 e. The molecule has 0 aliphatic rings. The Morgan fingerprint density at radius 1 is 1.43 bits per heavy atom. The van der Waals surface area contributed by atoms with E-state index in [9.17, 15) is 10.1 Å². The number of anilines is 2. The summed E-state index contributed by atoms with van der Waals surface area (Å²) < 4.78 is 1.98. The van der Waals surface area contributed by atoms with Gasteiger partial charge in [-0.15, -0.1) is 0 Å². The lowest BCUT2D eigenvalue weighted by Crippen LogP contribution is -2.11. The van der Waals surface area contributed by atoms with Crippen LogP contribution < -0.4 is 11.1 Å². The first-order valence-electron chi connectivity index (χ1n) is 6.56. The van der Waals surface area contributed by atoms with Crippen LogP contribution in [0.5, 0.6) is 0 Å². The molecule has 0 aliphatic heterocycles. The Kier molecular flexibility index (Phi) is 4.64. The zero-order chi connectivity index (χ0) is 15.2. The average molecular weight is 291 g/mol. The number of unbranched alkanes of at least 4 members (excludes halogenated alkanes) is 1. The van der Waals surface area contributed by atoms with Gasteiger partial charge in [-0.05, 0) is 19.8 Å². The quantitative estimate of drug-likeness (QED) is 0.448. The summed E-state index contributed by atoms with van der Waals surface area (Å²) in [4.78, 5) is 22.2. The maximum Gasteiger partial charge on any atom is 0.332 e. The molecular formula is C12H17N7O2. The molecule has 0 aromatic carbocycles. The first kappa shape index (κ1) is 14.7. The number of nitrogens with zero attached hydrogens (tertiary/aromatic N) is 5. The van der Waals surface area contributed by atoms with Crippen LogP contribution >= 0.6 is 0 Å². The van der Waals surface area contributed by atoms with Crippen LogP contribution in [0, 0.1) is 17.0 Å². The maximum absolute atomic E-state index is 11.0. The highest BCUT2D eigenvalue weighted by atomic mass is 16.6. The topological polar surface area (TPSA) is 125 Å². The minimum Gasteiger partial charge on any atom is -0.368 e. The lowest BCUT2D eigenvalue weighted by Gasteiger charge is -2.08. The van der Waals surface area contributed by atoms with E-state index in [0.717, 1.165) is 19.4 Å². The van der Waals surface area contributed by atoms with Crippen molar-refractivity contribution in [3.8, 4) is 0 Å². The number of aromatic nitrogens is 4. The normalized spacial score (nSPS) is 10.5. The van der Waals surface area contributed by atoms with E-state index in [4.69, 9.17) is 5.73 Å². The Morgan fingerprint density at radius 2 is 2.24 bits per heavy atom. The van der Waals surface area contributed by atoms with E-state index in [2.05, 4.69) is 20.3 Å². The highest BCUT2D eigenvalue weighted by molar-refractivity contribution is 5.60. The first-order valence-corrected chi connectivity index (χ1v) is 6.56. The monoisotopic (exact) mass is 291 g/mol. The summed E-state index contributed by atoms with van der Waals surface area (Å²) in [6.45, 7) is 2.97. The second-order valence-electron chi connectivity index (χ2n) is 4.56. The van der Waals surface area contributed by atoms with Gasteiger partial charge in [-0.2, -0.15) is 4.98 Å². The van der Waals surface area contributed by atoms with Gasteiger partial charge in [0.1, 0.15) is 5.69 Å². The summed E-state index contributed by atoms with van der Waals surface area (Å²) in [5.41, 5.74) is 5.66. The Hall–Kier alpha value is -2.71. The zero-order valence-electron chi connectivity index (χ0n) is 11.7. The minimum absolute atomic E-state index is 0.0269. The summed E-state index contributed by atoms with van der Waals surface area (Å²) in [6.07, 6.45) is 7.16.